The van der Waals surface area contributed by atoms with Gasteiger partial charge in [-0.05, 0) is 44.7 Å². The number of nitrogens with zero attached hydrogens (tertiary/aromatic N) is 1. The number of hydrogen-bond donors (Lipinski definition) is 3. The number of benzene rings is 1. The van der Waals surface area contributed by atoms with Crippen LogP contribution in [0.15, 0.2) is 29.3 Å². The van der Waals surface area contributed by atoms with Crippen LogP contribution in [-0.2, 0) is 0 Å². The summed E-state index contributed by atoms with van der Waals surface area (Å²) in [5, 5.41) is 16.7. The number of hydrogen-bond acceptors (Lipinski definition) is 4. The van der Waals surface area contributed by atoms with Crippen molar-refractivity contribution in [1.82, 2.24) is 10.6 Å². The minimum atomic E-state index is -0.623. The first kappa shape index (κ1) is 23.3. The molecule has 0 radical (unpaired) electrons. The van der Waals surface area contributed by atoms with Crippen molar-refractivity contribution in [3.63, 3.8) is 0 Å². The Labute approximate surface area is 167 Å². The van der Waals surface area contributed by atoms with Crippen LogP contribution in [0, 0.1) is 0 Å². The molecular weight excluding hydrogens is 437 g/mol. The molecule has 0 fully saturated rings. The van der Waals surface area contributed by atoms with Gasteiger partial charge in [0.1, 0.15) is 5.75 Å². The second-order valence-corrected chi connectivity index (χ2v) is 7.35. The molecule has 0 saturated heterocycles. The van der Waals surface area contributed by atoms with Crippen molar-refractivity contribution in [2.75, 3.05) is 33.0 Å². The molecule has 0 aliphatic carbocycles. The average Bonchev–Trinajstić information content (AvgIpc) is 2.57. The number of aliphatic hydroxyl groups is 1. The van der Waals surface area contributed by atoms with Gasteiger partial charge in [-0.1, -0.05) is 12.1 Å². The zero-order chi connectivity index (χ0) is 17.3. The van der Waals surface area contributed by atoms with E-state index in [1.54, 1.807) is 18.9 Å². The van der Waals surface area contributed by atoms with Crippen LogP contribution in [0.3, 0.4) is 0 Å². The van der Waals surface area contributed by atoms with Crippen molar-refractivity contribution in [2.45, 2.75) is 31.6 Å². The van der Waals surface area contributed by atoms with Crippen molar-refractivity contribution in [3.8, 4) is 5.75 Å². The Hall–Kier alpha value is -0.670. The normalized spacial score (nSPS) is 13.0. The molecule has 3 N–H and O–H groups in total. The zero-order valence-electron chi connectivity index (χ0n) is 15.1. The molecule has 1 rings (SSSR count). The monoisotopic (exact) mass is 467 g/mol. The molecule has 138 valence electrons. The van der Waals surface area contributed by atoms with Gasteiger partial charge in [-0.25, -0.2) is 0 Å². The van der Waals surface area contributed by atoms with E-state index in [1.807, 2.05) is 31.2 Å². The van der Waals surface area contributed by atoms with Crippen LogP contribution in [0.5, 0.6) is 5.75 Å². The number of methoxy groups -OCH3 is 1. The summed E-state index contributed by atoms with van der Waals surface area (Å²) in [6.07, 6.45) is 1.46. The lowest BCUT2D eigenvalue weighted by molar-refractivity contribution is 0.180. The van der Waals surface area contributed by atoms with Crippen LogP contribution >= 0.6 is 35.7 Å². The molecule has 0 saturated carbocycles. The first-order valence-electron chi connectivity index (χ1n) is 7.81. The molecule has 1 aromatic carbocycles. The van der Waals surface area contributed by atoms with Crippen molar-refractivity contribution < 1.29 is 9.84 Å². The summed E-state index contributed by atoms with van der Waals surface area (Å²) in [5.74, 6) is 1.46. The van der Waals surface area contributed by atoms with Gasteiger partial charge >= 0.3 is 0 Å². The number of nitrogens with one attached hydrogen (secondary N) is 2. The second-order valence-electron chi connectivity index (χ2n) is 5.83. The SMILES string of the molecule is CCNC(=NCC(C)(C)SC)NCC(O)c1cccc(OC)c1.I. The molecule has 0 heterocycles. The molecule has 0 aliphatic rings. The smallest absolute Gasteiger partial charge is 0.191 e. The Morgan fingerprint density at radius 3 is 2.67 bits per heavy atom. The molecule has 5 nitrogen and oxygen atoms in total. The van der Waals surface area contributed by atoms with Gasteiger partial charge < -0.3 is 20.5 Å². The molecule has 0 aliphatic heterocycles. The van der Waals surface area contributed by atoms with E-state index in [4.69, 9.17) is 4.74 Å². The number of rotatable bonds is 8. The maximum atomic E-state index is 10.3. The van der Waals surface area contributed by atoms with Crippen molar-refractivity contribution in [2.24, 2.45) is 4.99 Å². The van der Waals surface area contributed by atoms with Crippen molar-refractivity contribution >= 4 is 41.7 Å². The van der Waals surface area contributed by atoms with Crippen LogP contribution in [0.2, 0.25) is 0 Å². The Morgan fingerprint density at radius 2 is 2.08 bits per heavy atom. The molecule has 0 spiro atoms. The highest BCUT2D eigenvalue weighted by Crippen LogP contribution is 2.21. The van der Waals surface area contributed by atoms with E-state index >= 15 is 0 Å². The summed E-state index contributed by atoms with van der Waals surface area (Å²) < 4.78 is 5.28. The molecule has 0 amide bonds. The Kier molecular flexibility index (Phi) is 11.5. The average molecular weight is 467 g/mol. The van der Waals surface area contributed by atoms with E-state index in [9.17, 15) is 5.11 Å². The second kappa shape index (κ2) is 11.8. The summed E-state index contributed by atoms with van der Waals surface area (Å²) in [7, 11) is 1.62. The zero-order valence-corrected chi connectivity index (χ0v) is 18.3. The third-order valence-electron chi connectivity index (χ3n) is 3.46. The molecule has 7 heteroatoms. The van der Waals surface area contributed by atoms with E-state index < -0.39 is 6.10 Å². The van der Waals surface area contributed by atoms with Crippen LogP contribution < -0.4 is 15.4 Å². The summed E-state index contributed by atoms with van der Waals surface area (Å²) in [4.78, 5) is 4.59. The number of halogens is 1. The van der Waals surface area contributed by atoms with Gasteiger partial charge in [0.25, 0.3) is 0 Å². The summed E-state index contributed by atoms with van der Waals surface area (Å²) in [5.41, 5.74) is 0.817. The van der Waals surface area contributed by atoms with E-state index in [-0.39, 0.29) is 28.7 Å². The van der Waals surface area contributed by atoms with Crippen LogP contribution in [0.25, 0.3) is 0 Å². The van der Waals surface area contributed by atoms with Crippen LogP contribution in [0.4, 0.5) is 0 Å². The predicted octanol–water partition coefficient (Wildman–Crippen LogP) is 3.04. The third kappa shape index (κ3) is 8.43. The number of aliphatic imine (C=N–C) groups is 1. The lowest BCUT2D eigenvalue weighted by Gasteiger charge is -2.21. The quantitative estimate of drug-likeness (QED) is 0.312. The fraction of sp³-hybridized carbons (Fsp3) is 0.588. The Bertz CT molecular complexity index is 512. The lowest BCUT2D eigenvalue weighted by Crippen LogP contribution is -2.40. The minimum absolute atomic E-state index is 0. The van der Waals surface area contributed by atoms with Crippen LogP contribution in [-0.4, -0.2) is 48.8 Å². The third-order valence-corrected chi connectivity index (χ3v) is 4.69. The van der Waals surface area contributed by atoms with Gasteiger partial charge in [0.15, 0.2) is 5.96 Å². The fourth-order valence-electron chi connectivity index (χ4n) is 1.84. The topological polar surface area (TPSA) is 65.9 Å². The molecule has 24 heavy (non-hydrogen) atoms. The van der Waals surface area contributed by atoms with Gasteiger partial charge in [0.2, 0.25) is 0 Å². The van der Waals surface area contributed by atoms with Gasteiger partial charge in [0, 0.05) is 17.8 Å². The number of guanidine groups is 1. The highest BCUT2D eigenvalue weighted by molar-refractivity contribution is 14.0. The highest BCUT2D eigenvalue weighted by atomic mass is 127. The first-order valence-corrected chi connectivity index (χ1v) is 9.03. The molecule has 0 aromatic heterocycles. The number of thioether (sulfide) groups is 1. The number of ether oxygens (including phenoxy) is 1. The summed E-state index contributed by atoms with van der Waals surface area (Å²) >= 11 is 1.79. The van der Waals surface area contributed by atoms with Crippen LogP contribution in [0.1, 0.15) is 32.4 Å². The lowest BCUT2D eigenvalue weighted by atomic mass is 10.1. The molecule has 1 atom stereocenters. The van der Waals surface area contributed by atoms with E-state index in [0.717, 1.165) is 23.8 Å². The fourth-order valence-corrected chi connectivity index (χ4v) is 2.03. The summed E-state index contributed by atoms with van der Waals surface area (Å²) in [6, 6.07) is 7.46. The van der Waals surface area contributed by atoms with Gasteiger partial charge in [-0.2, -0.15) is 11.8 Å². The number of aliphatic hydroxyl groups excluding tert-OH is 1. The van der Waals surface area contributed by atoms with Gasteiger partial charge in [0.05, 0.1) is 19.8 Å². The van der Waals surface area contributed by atoms with E-state index in [2.05, 4.69) is 35.7 Å². The summed E-state index contributed by atoms with van der Waals surface area (Å²) in [6.45, 7) is 8.22. The van der Waals surface area contributed by atoms with E-state index in [0.29, 0.717) is 13.1 Å². The maximum absolute atomic E-state index is 10.3. The molecule has 0 bridgehead atoms. The van der Waals surface area contributed by atoms with Crippen molar-refractivity contribution in [1.29, 1.82) is 0 Å². The first-order chi connectivity index (χ1) is 10.9. The Morgan fingerprint density at radius 1 is 1.38 bits per heavy atom. The highest BCUT2D eigenvalue weighted by Gasteiger charge is 2.16. The Balaban J connectivity index is 0.00000529. The maximum Gasteiger partial charge on any atom is 0.191 e. The van der Waals surface area contributed by atoms with E-state index in [1.165, 1.54) is 0 Å². The molecule has 1 unspecified atom stereocenters. The predicted molar refractivity (Wildman–Crippen MR) is 115 cm³/mol. The van der Waals surface area contributed by atoms with Gasteiger partial charge in [-0.3, -0.25) is 4.99 Å². The van der Waals surface area contributed by atoms with Gasteiger partial charge in [-0.15, -0.1) is 24.0 Å². The molecular formula is C17H30IN3O2S. The molecule has 1 aromatic rings. The van der Waals surface area contributed by atoms with Crippen molar-refractivity contribution in [3.05, 3.63) is 29.8 Å². The standard InChI is InChI=1S/C17H29N3O2S.HI/c1-6-18-16(20-12-17(2,3)23-5)19-11-15(21)13-8-7-9-14(10-13)22-4;/h7-10,15,21H,6,11-12H2,1-5H3,(H2,18,19,20);1H. The minimum Gasteiger partial charge on any atom is -0.497 e. The largest absolute Gasteiger partial charge is 0.497 e.